The molecule has 3 aliphatic rings. The number of aliphatic hydroxyl groups excluding tert-OH is 1. The van der Waals surface area contributed by atoms with Crippen LogP contribution in [-0.4, -0.2) is 94.9 Å². The first-order valence-electron chi connectivity index (χ1n) is 10.0. The predicted octanol–water partition coefficient (Wildman–Crippen LogP) is 0.131. The standard InChI is InChI=1S/C19H29N5O3/c25-16-3-1-14-27-19(16)4-8-23(9-5-19)17(26)15-22-10-12-24(13-11-22)18-20-6-2-7-21-18/h2,6-7,16,25H,1,3-5,8-15H2/t16-/m1/s1. The number of amides is 1. The number of hydrogen-bond donors (Lipinski definition) is 1. The van der Waals surface area contributed by atoms with Crippen LogP contribution in [0.5, 0.6) is 0 Å². The summed E-state index contributed by atoms with van der Waals surface area (Å²) in [6, 6.07) is 1.82. The molecule has 1 aromatic rings. The molecule has 0 bridgehead atoms. The van der Waals surface area contributed by atoms with Gasteiger partial charge in [-0.05, 0) is 31.7 Å². The van der Waals surface area contributed by atoms with Gasteiger partial charge in [0.1, 0.15) is 0 Å². The van der Waals surface area contributed by atoms with E-state index in [1.54, 1.807) is 12.4 Å². The summed E-state index contributed by atoms with van der Waals surface area (Å²) in [7, 11) is 0. The highest BCUT2D eigenvalue weighted by atomic mass is 16.5. The third kappa shape index (κ3) is 4.07. The van der Waals surface area contributed by atoms with Crippen molar-refractivity contribution in [1.29, 1.82) is 0 Å². The molecule has 27 heavy (non-hydrogen) atoms. The number of carbonyl (C=O) groups excluding carboxylic acids is 1. The maximum Gasteiger partial charge on any atom is 0.236 e. The number of aromatic nitrogens is 2. The molecular weight excluding hydrogens is 346 g/mol. The molecular formula is C19H29N5O3. The number of carbonyl (C=O) groups is 1. The first-order valence-corrected chi connectivity index (χ1v) is 10.0. The van der Waals surface area contributed by atoms with Gasteiger partial charge in [-0.15, -0.1) is 0 Å². The first-order chi connectivity index (χ1) is 13.2. The molecule has 3 aliphatic heterocycles. The molecule has 1 N–H and O–H groups in total. The Bertz CT molecular complexity index is 627. The summed E-state index contributed by atoms with van der Waals surface area (Å²) < 4.78 is 5.93. The Hall–Kier alpha value is -1.77. The SMILES string of the molecule is O=C(CN1CCN(c2ncccn2)CC1)N1CCC2(CC1)OCCC[C@H]2O. The lowest BCUT2D eigenvalue weighted by Gasteiger charge is -2.47. The lowest BCUT2D eigenvalue weighted by molar-refractivity contribution is -0.180. The topological polar surface area (TPSA) is 82.0 Å². The van der Waals surface area contributed by atoms with Gasteiger partial charge in [-0.2, -0.15) is 0 Å². The molecule has 1 aromatic heterocycles. The van der Waals surface area contributed by atoms with Crippen molar-refractivity contribution < 1.29 is 14.6 Å². The molecule has 148 valence electrons. The Morgan fingerprint density at radius 1 is 1.15 bits per heavy atom. The van der Waals surface area contributed by atoms with Gasteiger partial charge < -0.3 is 19.6 Å². The van der Waals surface area contributed by atoms with E-state index in [2.05, 4.69) is 19.8 Å². The normalized spacial score (nSPS) is 26.3. The highest BCUT2D eigenvalue weighted by molar-refractivity contribution is 5.78. The predicted molar refractivity (Wildman–Crippen MR) is 100 cm³/mol. The number of anilines is 1. The summed E-state index contributed by atoms with van der Waals surface area (Å²) in [5.41, 5.74) is -0.420. The second-order valence-corrected chi connectivity index (χ2v) is 7.76. The van der Waals surface area contributed by atoms with E-state index >= 15 is 0 Å². The van der Waals surface area contributed by atoms with Crippen molar-refractivity contribution in [2.75, 3.05) is 57.3 Å². The van der Waals surface area contributed by atoms with Crippen molar-refractivity contribution in [3.63, 3.8) is 0 Å². The average Bonchev–Trinajstić information content (AvgIpc) is 2.72. The molecule has 0 radical (unpaired) electrons. The summed E-state index contributed by atoms with van der Waals surface area (Å²) in [5, 5.41) is 10.3. The maximum atomic E-state index is 12.7. The van der Waals surface area contributed by atoms with Crippen molar-refractivity contribution in [3.8, 4) is 0 Å². The van der Waals surface area contributed by atoms with Gasteiger partial charge in [-0.3, -0.25) is 9.69 Å². The molecule has 1 amide bonds. The van der Waals surface area contributed by atoms with Crippen LogP contribution < -0.4 is 4.90 Å². The Balaban J connectivity index is 1.24. The van der Waals surface area contributed by atoms with Gasteiger partial charge in [0.05, 0.1) is 18.2 Å². The first kappa shape index (κ1) is 18.6. The zero-order chi connectivity index (χ0) is 18.7. The summed E-state index contributed by atoms with van der Waals surface area (Å²) in [4.78, 5) is 27.6. The number of aliphatic hydroxyl groups is 1. The van der Waals surface area contributed by atoms with Crippen LogP contribution in [0.15, 0.2) is 18.5 Å². The fraction of sp³-hybridized carbons (Fsp3) is 0.737. The van der Waals surface area contributed by atoms with Gasteiger partial charge in [-0.1, -0.05) is 0 Å². The van der Waals surface area contributed by atoms with Crippen LogP contribution in [0.3, 0.4) is 0 Å². The molecule has 8 heteroatoms. The van der Waals surface area contributed by atoms with E-state index in [0.717, 1.165) is 64.4 Å². The van der Waals surface area contributed by atoms with Gasteiger partial charge in [0.2, 0.25) is 11.9 Å². The summed E-state index contributed by atoms with van der Waals surface area (Å²) >= 11 is 0. The summed E-state index contributed by atoms with van der Waals surface area (Å²) in [6.45, 7) is 5.87. The molecule has 0 aromatic carbocycles. The highest BCUT2D eigenvalue weighted by Gasteiger charge is 2.44. The Morgan fingerprint density at radius 2 is 1.85 bits per heavy atom. The van der Waals surface area contributed by atoms with Gasteiger partial charge in [0.15, 0.2) is 0 Å². The van der Waals surface area contributed by atoms with E-state index in [1.807, 2.05) is 11.0 Å². The van der Waals surface area contributed by atoms with Crippen molar-refractivity contribution in [3.05, 3.63) is 18.5 Å². The molecule has 0 aliphatic carbocycles. The van der Waals surface area contributed by atoms with E-state index in [9.17, 15) is 9.90 Å². The average molecular weight is 375 g/mol. The monoisotopic (exact) mass is 375 g/mol. The zero-order valence-corrected chi connectivity index (χ0v) is 15.8. The van der Waals surface area contributed by atoms with Crippen LogP contribution >= 0.6 is 0 Å². The fourth-order valence-electron chi connectivity index (χ4n) is 4.38. The van der Waals surface area contributed by atoms with Gasteiger partial charge in [0, 0.05) is 58.3 Å². The van der Waals surface area contributed by atoms with E-state index in [-0.39, 0.29) is 5.91 Å². The van der Waals surface area contributed by atoms with Gasteiger partial charge >= 0.3 is 0 Å². The molecule has 4 rings (SSSR count). The molecule has 4 heterocycles. The van der Waals surface area contributed by atoms with E-state index < -0.39 is 11.7 Å². The van der Waals surface area contributed by atoms with E-state index in [1.165, 1.54) is 0 Å². The summed E-state index contributed by atoms with van der Waals surface area (Å²) in [6.07, 6.45) is 6.33. The number of piperazine rings is 1. The molecule has 8 nitrogen and oxygen atoms in total. The van der Waals surface area contributed by atoms with E-state index in [4.69, 9.17) is 4.74 Å². The number of hydrogen-bond acceptors (Lipinski definition) is 7. The van der Waals surface area contributed by atoms with Crippen LogP contribution in [0.4, 0.5) is 5.95 Å². The minimum atomic E-state index is -0.420. The second kappa shape index (κ2) is 8.08. The molecule has 0 saturated carbocycles. The third-order valence-corrected chi connectivity index (χ3v) is 6.15. The van der Waals surface area contributed by atoms with Crippen LogP contribution in [0.1, 0.15) is 25.7 Å². The molecule has 1 atom stereocenters. The second-order valence-electron chi connectivity index (χ2n) is 7.76. The largest absolute Gasteiger partial charge is 0.390 e. The van der Waals surface area contributed by atoms with Crippen LogP contribution in [0.25, 0.3) is 0 Å². The summed E-state index contributed by atoms with van der Waals surface area (Å²) in [5.74, 6) is 0.940. The van der Waals surface area contributed by atoms with Crippen LogP contribution in [-0.2, 0) is 9.53 Å². The quantitative estimate of drug-likeness (QED) is 0.804. The minimum Gasteiger partial charge on any atom is -0.390 e. The van der Waals surface area contributed by atoms with E-state index in [0.29, 0.717) is 19.6 Å². The Morgan fingerprint density at radius 3 is 2.52 bits per heavy atom. The lowest BCUT2D eigenvalue weighted by Crippen LogP contribution is -2.57. The third-order valence-electron chi connectivity index (χ3n) is 6.15. The van der Waals surface area contributed by atoms with Crippen molar-refractivity contribution in [1.82, 2.24) is 19.8 Å². The van der Waals surface area contributed by atoms with Gasteiger partial charge in [0.25, 0.3) is 0 Å². The van der Waals surface area contributed by atoms with Crippen LogP contribution in [0, 0.1) is 0 Å². The number of rotatable bonds is 3. The van der Waals surface area contributed by atoms with Crippen molar-refractivity contribution >= 4 is 11.9 Å². The maximum absolute atomic E-state index is 12.7. The minimum absolute atomic E-state index is 0.180. The number of nitrogens with zero attached hydrogens (tertiary/aromatic N) is 5. The molecule has 0 unspecified atom stereocenters. The lowest BCUT2D eigenvalue weighted by atomic mass is 9.82. The fourth-order valence-corrected chi connectivity index (χ4v) is 4.38. The number of likely N-dealkylation sites (tertiary alicyclic amines) is 1. The Kier molecular flexibility index (Phi) is 5.56. The smallest absolute Gasteiger partial charge is 0.236 e. The molecule has 1 spiro atoms. The number of ether oxygens (including phenoxy) is 1. The van der Waals surface area contributed by atoms with Gasteiger partial charge in [-0.25, -0.2) is 9.97 Å². The van der Waals surface area contributed by atoms with Crippen LogP contribution in [0.2, 0.25) is 0 Å². The number of piperidine rings is 1. The molecule has 3 fully saturated rings. The Labute approximate surface area is 160 Å². The van der Waals surface area contributed by atoms with Crippen molar-refractivity contribution in [2.45, 2.75) is 37.4 Å². The zero-order valence-electron chi connectivity index (χ0n) is 15.8. The highest BCUT2D eigenvalue weighted by Crippen LogP contribution is 2.35. The molecule has 3 saturated heterocycles. The van der Waals surface area contributed by atoms with Crippen molar-refractivity contribution in [2.24, 2.45) is 0 Å².